The van der Waals surface area contributed by atoms with E-state index >= 15 is 0 Å². The van der Waals surface area contributed by atoms with Crippen LogP contribution in [0.1, 0.15) is 42.6 Å². The first-order valence-electron chi connectivity index (χ1n) is 9.77. The zero-order valence-electron chi connectivity index (χ0n) is 15.9. The molecule has 0 amide bonds. The van der Waals surface area contributed by atoms with Crippen molar-refractivity contribution in [3.63, 3.8) is 0 Å². The molecule has 1 fully saturated rings. The van der Waals surface area contributed by atoms with E-state index in [0.717, 1.165) is 24.4 Å². The van der Waals surface area contributed by atoms with Gasteiger partial charge in [0, 0.05) is 43.1 Å². The third-order valence-corrected chi connectivity index (χ3v) is 5.87. The zero-order chi connectivity index (χ0) is 17.9. The van der Waals surface area contributed by atoms with Crippen LogP contribution in [0, 0.1) is 13.8 Å². The lowest BCUT2D eigenvalue weighted by Crippen LogP contribution is -2.39. The number of imidazole rings is 1. The summed E-state index contributed by atoms with van der Waals surface area (Å²) in [6.45, 7) is 7.61. The second-order valence-corrected chi connectivity index (χ2v) is 7.51. The summed E-state index contributed by atoms with van der Waals surface area (Å²) in [6, 6.07) is 9.29. The molecule has 26 heavy (non-hydrogen) atoms. The molecular formula is C22H28N4. The van der Waals surface area contributed by atoms with E-state index in [9.17, 15) is 0 Å². The van der Waals surface area contributed by atoms with Gasteiger partial charge in [-0.2, -0.15) is 0 Å². The number of nitrogens with zero attached hydrogens (tertiary/aromatic N) is 4. The van der Waals surface area contributed by atoms with Crippen LogP contribution < -0.4 is 0 Å². The molecule has 0 radical (unpaired) electrons. The molecular weight excluding hydrogens is 320 g/mol. The fourth-order valence-corrected chi connectivity index (χ4v) is 4.26. The monoisotopic (exact) mass is 348 g/mol. The molecule has 0 spiro atoms. The first-order valence-corrected chi connectivity index (χ1v) is 9.77. The molecule has 4 nitrogen and oxygen atoms in total. The minimum Gasteiger partial charge on any atom is -0.335 e. The molecule has 4 rings (SSSR count). The van der Waals surface area contributed by atoms with Crippen LogP contribution in [-0.4, -0.2) is 32.0 Å². The summed E-state index contributed by atoms with van der Waals surface area (Å²) in [5.41, 5.74) is 3.93. The first kappa shape index (κ1) is 17.2. The summed E-state index contributed by atoms with van der Waals surface area (Å²) in [6.07, 6.45) is 11.0. The molecule has 0 saturated carbocycles. The highest BCUT2D eigenvalue weighted by molar-refractivity contribution is 5.83. The second-order valence-electron chi connectivity index (χ2n) is 7.51. The predicted molar refractivity (Wildman–Crippen MR) is 106 cm³/mol. The predicted octanol–water partition coefficient (Wildman–Crippen LogP) is 4.49. The maximum atomic E-state index is 4.55. The molecule has 0 N–H and O–H groups in total. The van der Waals surface area contributed by atoms with Crippen molar-refractivity contribution in [2.75, 3.05) is 6.54 Å². The Balaban J connectivity index is 1.54. The number of aryl methyl sites for hydroxylation is 3. The van der Waals surface area contributed by atoms with Crippen molar-refractivity contribution >= 4 is 10.9 Å². The van der Waals surface area contributed by atoms with Crippen LogP contribution in [-0.2, 0) is 13.1 Å². The van der Waals surface area contributed by atoms with Crippen LogP contribution in [0.2, 0.25) is 0 Å². The van der Waals surface area contributed by atoms with Crippen LogP contribution in [0.4, 0.5) is 0 Å². The van der Waals surface area contributed by atoms with Crippen LogP contribution in [0.15, 0.2) is 42.9 Å². The molecule has 1 atom stereocenters. The Bertz CT molecular complexity index is 883. The van der Waals surface area contributed by atoms with Gasteiger partial charge in [-0.25, -0.2) is 4.98 Å². The SMILES string of the molecule is Cc1ccc2ncccc2c1CN1CCCC[C@@H]1CCn1ccnc1C. The standard InChI is InChI=1S/C22H28N4/c1-17-8-9-22-20(7-5-11-24-22)21(17)16-26-13-4-3-6-19(26)10-14-25-15-12-23-18(25)2/h5,7-9,11-12,15,19H,3-4,6,10,13-14,16H2,1-2H3/t19-/m1/s1. The van der Waals surface area contributed by atoms with E-state index in [1.165, 1.54) is 48.7 Å². The van der Waals surface area contributed by atoms with Crippen LogP contribution in [0.3, 0.4) is 0 Å². The zero-order valence-corrected chi connectivity index (χ0v) is 15.9. The minimum atomic E-state index is 0.650. The van der Waals surface area contributed by atoms with E-state index in [-0.39, 0.29) is 0 Å². The second kappa shape index (κ2) is 7.58. The van der Waals surface area contributed by atoms with E-state index < -0.39 is 0 Å². The van der Waals surface area contributed by atoms with Crippen molar-refractivity contribution in [2.24, 2.45) is 0 Å². The Kier molecular flexibility index (Phi) is 5.02. The highest BCUT2D eigenvalue weighted by atomic mass is 15.2. The van der Waals surface area contributed by atoms with Gasteiger partial charge in [0.15, 0.2) is 0 Å². The summed E-state index contributed by atoms with van der Waals surface area (Å²) < 4.78 is 2.28. The van der Waals surface area contributed by atoms with Crippen LogP contribution >= 0.6 is 0 Å². The smallest absolute Gasteiger partial charge is 0.105 e. The molecule has 1 aliphatic heterocycles. The average Bonchev–Trinajstić information content (AvgIpc) is 3.08. The summed E-state index contributed by atoms with van der Waals surface area (Å²) in [4.78, 5) is 11.6. The first-order chi connectivity index (χ1) is 12.7. The van der Waals surface area contributed by atoms with Gasteiger partial charge in [-0.1, -0.05) is 18.6 Å². The third kappa shape index (κ3) is 3.51. The normalized spacial score (nSPS) is 18.5. The number of piperidine rings is 1. The number of rotatable bonds is 5. The minimum absolute atomic E-state index is 0.650. The Morgan fingerprint density at radius 1 is 1.08 bits per heavy atom. The van der Waals surface area contributed by atoms with Gasteiger partial charge < -0.3 is 4.57 Å². The molecule has 3 aromatic rings. The van der Waals surface area contributed by atoms with Gasteiger partial charge in [0.05, 0.1) is 5.52 Å². The van der Waals surface area contributed by atoms with Gasteiger partial charge in [0.2, 0.25) is 0 Å². The van der Waals surface area contributed by atoms with E-state index in [2.05, 4.69) is 63.7 Å². The Labute approximate surface area is 155 Å². The molecule has 2 aromatic heterocycles. The van der Waals surface area contributed by atoms with Crippen molar-refractivity contribution < 1.29 is 0 Å². The van der Waals surface area contributed by atoms with Gasteiger partial charge in [0.25, 0.3) is 0 Å². The molecule has 136 valence electrons. The van der Waals surface area contributed by atoms with Gasteiger partial charge in [-0.3, -0.25) is 9.88 Å². The quantitative estimate of drug-likeness (QED) is 0.681. The van der Waals surface area contributed by atoms with E-state index in [4.69, 9.17) is 0 Å². The summed E-state index contributed by atoms with van der Waals surface area (Å²) in [5, 5.41) is 1.31. The topological polar surface area (TPSA) is 34.0 Å². The molecule has 0 unspecified atom stereocenters. The van der Waals surface area contributed by atoms with Gasteiger partial charge in [-0.15, -0.1) is 0 Å². The highest BCUT2D eigenvalue weighted by Gasteiger charge is 2.23. The number of hydrogen-bond donors (Lipinski definition) is 0. The Hall–Kier alpha value is -2.20. The summed E-state index contributed by atoms with van der Waals surface area (Å²) in [5.74, 6) is 1.11. The lowest BCUT2D eigenvalue weighted by atomic mass is 9.96. The Morgan fingerprint density at radius 3 is 2.85 bits per heavy atom. The number of fused-ring (bicyclic) bond motifs is 1. The average molecular weight is 348 g/mol. The third-order valence-electron chi connectivity index (χ3n) is 5.87. The van der Waals surface area contributed by atoms with Crippen molar-refractivity contribution in [1.82, 2.24) is 19.4 Å². The van der Waals surface area contributed by atoms with Crippen LogP contribution in [0.5, 0.6) is 0 Å². The fourth-order valence-electron chi connectivity index (χ4n) is 4.26. The van der Waals surface area contributed by atoms with Gasteiger partial charge in [0.1, 0.15) is 5.82 Å². The van der Waals surface area contributed by atoms with Crippen molar-refractivity contribution in [3.8, 4) is 0 Å². The number of aromatic nitrogens is 3. The molecule has 4 heteroatoms. The lowest BCUT2D eigenvalue weighted by Gasteiger charge is -2.36. The number of likely N-dealkylation sites (tertiary alicyclic amines) is 1. The number of pyridine rings is 1. The van der Waals surface area contributed by atoms with E-state index in [1.807, 2.05) is 12.4 Å². The van der Waals surface area contributed by atoms with Crippen molar-refractivity contribution in [3.05, 3.63) is 59.8 Å². The highest BCUT2D eigenvalue weighted by Crippen LogP contribution is 2.27. The van der Waals surface area contributed by atoms with Crippen LogP contribution in [0.25, 0.3) is 10.9 Å². The summed E-state index contributed by atoms with van der Waals surface area (Å²) >= 11 is 0. The van der Waals surface area contributed by atoms with E-state index in [0.29, 0.717) is 6.04 Å². The van der Waals surface area contributed by atoms with Gasteiger partial charge in [-0.05, 0) is 62.9 Å². The lowest BCUT2D eigenvalue weighted by molar-refractivity contribution is 0.128. The molecule has 3 heterocycles. The number of hydrogen-bond acceptors (Lipinski definition) is 3. The van der Waals surface area contributed by atoms with Crippen molar-refractivity contribution in [1.29, 1.82) is 0 Å². The molecule has 0 bridgehead atoms. The van der Waals surface area contributed by atoms with E-state index in [1.54, 1.807) is 0 Å². The largest absolute Gasteiger partial charge is 0.335 e. The molecule has 1 aliphatic rings. The van der Waals surface area contributed by atoms with Gasteiger partial charge >= 0.3 is 0 Å². The Morgan fingerprint density at radius 2 is 2.00 bits per heavy atom. The maximum absolute atomic E-state index is 4.55. The maximum Gasteiger partial charge on any atom is 0.105 e. The number of benzene rings is 1. The van der Waals surface area contributed by atoms with Crippen molar-refractivity contribution in [2.45, 2.75) is 58.7 Å². The summed E-state index contributed by atoms with van der Waals surface area (Å²) in [7, 11) is 0. The molecule has 0 aliphatic carbocycles. The molecule has 1 aromatic carbocycles. The molecule has 1 saturated heterocycles. The fraction of sp³-hybridized carbons (Fsp3) is 0.455.